The van der Waals surface area contributed by atoms with E-state index in [1.165, 1.54) is 11.3 Å². The van der Waals surface area contributed by atoms with Gasteiger partial charge in [0.25, 0.3) is 0 Å². The molecule has 0 unspecified atom stereocenters. The van der Waals surface area contributed by atoms with E-state index < -0.39 is 0 Å². The van der Waals surface area contributed by atoms with Gasteiger partial charge < -0.3 is 10.1 Å². The summed E-state index contributed by atoms with van der Waals surface area (Å²) in [4.78, 5) is 16.7. The van der Waals surface area contributed by atoms with Gasteiger partial charge in [0.05, 0.1) is 24.2 Å². The number of carbonyl (C=O) groups is 1. The van der Waals surface area contributed by atoms with Gasteiger partial charge in [-0.05, 0) is 37.3 Å². The highest BCUT2D eigenvalue weighted by Crippen LogP contribution is 2.30. The van der Waals surface area contributed by atoms with Gasteiger partial charge in [0.15, 0.2) is 0 Å². The third-order valence-electron chi connectivity index (χ3n) is 3.65. The van der Waals surface area contributed by atoms with Crippen LogP contribution in [0.3, 0.4) is 0 Å². The van der Waals surface area contributed by atoms with Crippen LogP contribution in [0.1, 0.15) is 10.6 Å². The molecule has 0 saturated heterocycles. The van der Waals surface area contributed by atoms with E-state index in [1.807, 2.05) is 48.7 Å². The van der Waals surface area contributed by atoms with Gasteiger partial charge in [0.2, 0.25) is 5.91 Å². The van der Waals surface area contributed by atoms with Crippen molar-refractivity contribution < 1.29 is 9.53 Å². The summed E-state index contributed by atoms with van der Waals surface area (Å²) in [5.74, 6) is 0.538. The van der Waals surface area contributed by atoms with E-state index in [1.54, 1.807) is 13.2 Å². The fourth-order valence-corrected chi connectivity index (χ4v) is 3.39. The van der Waals surface area contributed by atoms with Crippen LogP contribution in [-0.4, -0.2) is 18.0 Å². The number of amides is 1. The van der Waals surface area contributed by atoms with Crippen LogP contribution in [0, 0.1) is 6.92 Å². The Bertz CT molecular complexity index is 891. The fourth-order valence-electron chi connectivity index (χ4n) is 2.33. The zero-order valence-electron chi connectivity index (χ0n) is 13.9. The molecule has 1 N–H and O–H groups in total. The maximum Gasteiger partial charge on any atom is 0.231 e. The van der Waals surface area contributed by atoms with E-state index in [0.29, 0.717) is 10.8 Å². The Balaban J connectivity index is 1.68. The van der Waals surface area contributed by atoms with E-state index in [9.17, 15) is 4.79 Å². The second-order valence-electron chi connectivity index (χ2n) is 5.57. The first-order valence-electron chi connectivity index (χ1n) is 7.70. The largest absolute Gasteiger partial charge is 0.495 e. The fraction of sp³-hybridized carbons (Fsp3) is 0.158. The molecule has 2 aromatic carbocycles. The van der Waals surface area contributed by atoms with E-state index >= 15 is 0 Å². The lowest BCUT2D eigenvalue weighted by Gasteiger charge is -2.05. The number of thiazole rings is 1. The molecular formula is C19H17ClN2O2S. The quantitative estimate of drug-likeness (QED) is 0.688. The highest BCUT2D eigenvalue weighted by Gasteiger charge is 2.11. The molecule has 0 aliphatic heterocycles. The molecule has 0 bridgehead atoms. The summed E-state index contributed by atoms with van der Waals surface area (Å²) in [6.07, 6.45) is 0.239. The summed E-state index contributed by atoms with van der Waals surface area (Å²) >= 11 is 7.61. The number of aryl methyl sites for hydroxylation is 1. The van der Waals surface area contributed by atoms with Crippen molar-refractivity contribution in [2.24, 2.45) is 0 Å². The molecule has 0 fully saturated rings. The predicted molar refractivity (Wildman–Crippen MR) is 103 cm³/mol. The normalized spacial score (nSPS) is 10.5. The molecule has 0 atom stereocenters. The Morgan fingerprint density at radius 1 is 1.24 bits per heavy atom. The molecule has 3 rings (SSSR count). The SMILES string of the molecule is COc1ccc(-c2csc(CC(=O)Nc3ccc(C)cc3)n2)cc1Cl. The summed E-state index contributed by atoms with van der Waals surface area (Å²) in [5, 5.41) is 6.09. The highest BCUT2D eigenvalue weighted by molar-refractivity contribution is 7.10. The molecule has 0 aliphatic rings. The summed E-state index contributed by atoms with van der Waals surface area (Å²) in [6, 6.07) is 13.2. The van der Waals surface area contributed by atoms with Crippen molar-refractivity contribution in [1.82, 2.24) is 4.98 Å². The first-order chi connectivity index (χ1) is 12.0. The number of methoxy groups -OCH3 is 1. The Kier molecular flexibility index (Phi) is 5.36. The number of nitrogens with zero attached hydrogens (tertiary/aromatic N) is 1. The molecule has 25 heavy (non-hydrogen) atoms. The molecule has 6 heteroatoms. The van der Waals surface area contributed by atoms with E-state index in [0.717, 1.165) is 27.5 Å². The maximum atomic E-state index is 12.2. The number of hydrogen-bond acceptors (Lipinski definition) is 4. The topological polar surface area (TPSA) is 51.2 Å². The minimum Gasteiger partial charge on any atom is -0.495 e. The van der Waals surface area contributed by atoms with Crippen molar-refractivity contribution in [3.63, 3.8) is 0 Å². The lowest BCUT2D eigenvalue weighted by Crippen LogP contribution is -2.14. The van der Waals surface area contributed by atoms with Crippen molar-refractivity contribution in [2.45, 2.75) is 13.3 Å². The number of rotatable bonds is 5. The number of ether oxygens (including phenoxy) is 1. The highest BCUT2D eigenvalue weighted by atomic mass is 35.5. The Morgan fingerprint density at radius 2 is 2.00 bits per heavy atom. The van der Waals surface area contributed by atoms with Crippen LogP contribution >= 0.6 is 22.9 Å². The van der Waals surface area contributed by atoms with Crippen molar-refractivity contribution in [3.05, 3.63) is 63.4 Å². The Labute approximate surface area is 155 Å². The smallest absolute Gasteiger partial charge is 0.231 e. The lowest BCUT2D eigenvalue weighted by molar-refractivity contribution is -0.115. The van der Waals surface area contributed by atoms with Crippen LogP contribution in [-0.2, 0) is 11.2 Å². The van der Waals surface area contributed by atoms with Crippen molar-refractivity contribution in [1.29, 1.82) is 0 Å². The van der Waals surface area contributed by atoms with Gasteiger partial charge in [0.1, 0.15) is 10.8 Å². The number of benzene rings is 2. The van der Waals surface area contributed by atoms with Crippen LogP contribution in [0.4, 0.5) is 5.69 Å². The third-order valence-corrected chi connectivity index (χ3v) is 4.79. The molecule has 1 heterocycles. The van der Waals surface area contributed by atoms with Crippen LogP contribution < -0.4 is 10.1 Å². The average molecular weight is 373 g/mol. The van der Waals surface area contributed by atoms with Crippen LogP contribution in [0.2, 0.25) is 5.02 Å². The molecular weight excluding hydrogens is 356 g/mol. The van der Waals surface area contributed by atoms with Crippen LogP contribution in [0.15, 0.2) is 47.8 Å². The first kappa shape index (κ1) is 17.5. The number of hydrogen-bond donors (Lipinski definition) is 1. The number of carbonyl (C=O) groups excluding carboxylic acids is 1. The monoisotopic (exact) mass is 372 g/mol. The minimum atomic E-state index is -0.0856. The predicted octanol–water partition coefficient (Wildman–Crippen LogP) is 4.96. The van der Waals surface area contributed by atoms with Gasteiger partial charge in [0, 0.05) is 16.6 Å². The Hall–Kier alpha value is -2.37. The average Bonchev–Trinajstić information content (AvgIpc) is 3.05. The third kappa shape index (κ3) is 4.38. The number of nitrogens with one attached hydrogen (secondary N) is 1. The zero-order valence-corrected chi connectivity index (χ0v) is 15.4. The number of anilines is 1. The molecule has 0 spiro atoms. The number of halogens is 1. The zero-order chi connectivity index (χ0) is 17.8. The maximum absolute atomic E-state index is 12.2. The molecule has 0 saturated carbocycles. The lowest BCUT2D eigenvalue weighted by atomic mass is 10.1. The van der Waals surface area contributed by atoms with Gasteiger partial charge in [-0.25, -0.2) is 4.98 Å². The first-order valence-corrected chi connectivity index (χ1v) is 8.96. The van der Waals surface area contributed by atoms with Gasteiger partial charge in [-0.2, -0.15) is 0 Å². The second-order valence-corrected chi connectivity index (χ2v) is 6.92. The molecule has 1 aromatic heterocycles. The van der Waals surface area contributed by atoms with Crippen molar-refractivity contribution >= 4 is 34.5 Å². The second kappa shape index (κ2) is 7.68. The summed E-state index contributed by atoms with van der Waals surface area (Å²) in [5.41, 5.74) is 3.63. The van der Waals surface area contributed by atoms with E-state index in [2.05, 4.69) is 10.3 Å². The van der Waals surface area contributed by atoms with E-state index in [4.69, 9.17) is 16.3 Å². The van der Waals surface area contributed by atoms with Crippen molar-refractivity contribution in [3.8, 4) is 17.0 Å². The summed E-state index contributed by atoms with van der Waals surface area (Å²) < 4.78 is 5.15. The summed E-state index contributed by atoms with van der Waals surface area (Å²) in [7, 11) is 1.58. The molecule has 0 radical (unpaired) electrons. The van der Waals surface area contributed by atoms with Gasteiger partial charge in [-0.3, -0.25) is 4.79 Å². The van der Waals surface area contributed by atoms with E-state index in [-0.39, 0.29) is 12.3 Å². The van der Waals surface area contributed by atoms with Gasteiger partial charge >= 0.3 is 0 Å². The molecule has 128 valence electrons. The summed E-state index contributed by atoms with van der Waals surface area (Å²) in [6.45, 7) is 2.01. The molecule has 3 aromatic rings. The van der Waals surface area contributed by atoms with Crippen LogP contribution in [0.25, 0.3) is 11.3 Å². The Morgan fingerprint density at radius 3 is 2.68 bits per heavy atom. The standard InChI is InChI=1S/C19H17ClN2O2S/c1-12-3-6-14(7-4-12)21-18(23)10-19-22-16(11-25-19)13-5-8-17(24-2)15(20)9-13/h3-9,11H,10H2,1-2H3,(H,21,23). The molecule has 0 aliphatic carbocycles. The molecule has 1 amide bonds. The number of aromatic nitrogens is 1. The molecule has 4 nitrogen and oxygen atoms in total. The minimum absolute atomic E-state index is 0.0856. The van der Waals surface area contributed by atoms with Crippen LogP contribution in [0.5, 0.6) is 5.75 Å². The van der Waals surface area contributed by atoms with Gasteiger partial charge in [-0.1, -0.05) is 29.3 Å². The van der Waals surface area contributed by atoms with Crippen molar-refractivity contribution in [2.75, 3.05) is 12.4 Å². The van der Waals surface area contributed by atoms with Gasteiger partial charge in [-0.15, -0.1) is 11.3 Å².